The summed E-state index contributed by atoms with van der Waals surface area (Å²) in [6.07, 6.45) is 8.46. The summed E-state index contributed by atoms with van der Waals surface area (Å²) in [6.45, 7) is 3.27. The maximum Gasteiger partial charge on any atom is 0.0368 e. The summed E-state index contributed by atoms with van der Waals surface area (Å²) in [5.41, 5.74) is 1.48. The van der Waals surface area contributed by atoms with Crippen LogP contribution in [0.2, 0.25) is 0 Å². The predicted octanol–water partition coefficient (Wildman–Crippen LogP) is 5.13. The Morgan fingerprint density at radius 1 is 1.29 bits per heavy atom. The molecule has 0 radical (unpaired) electrons. The predicted molar refractivity (Wildman–Crippen MR) is 79.6 cm³/mol. The molecule has 1 aliphatic carbocycles. The van der Waals surface area contributed by atoms with E-state index in [9.17, 15) is 0 Å². The summed E-state index contributed by atoms with van der Waals surface area (Å²) in [5, 5.41) is 8.21. The van der Waals surface area contributed by atoms with Crippen LogP contribution in [-0.2, 0) is 0 Å². The Morgan fingerprint density at radius 3 is 2.53 bits per heavy atom. The van der Waals surface area contributed by atoms with Gasteiger partial charge in [-0.3, -0.25) is 0 Å². The van der Waals surface area contributed by atoms with Crippen molar-refractivity contribution in [1.29, 1.82) is 0 Å². The fourth-order valence-corrected chi connectivity index (χ4v) is 4.49. The maximum atomic E-state index is 3.70. The first kappa shape index (κ1) is 13.6. The van der Waals surface area contributed by atoms with E-state index in [1.165, 1.54) is 48.6 Å². The van der Waals surface area contributed by atoms with E-state index in [4.69, 9.17) is 0 Å². The highest BCUT2D eigenvalue weighted by Crippen LogP contribution is 2.37. The molecule has 1 aromatic rings. The molecule has 1 aliphatic rings. The van der Waals surface area contributed by atoms with Gasteiger partial charge < -0.3 is 5.32 Å². The van der Waals surface area contributed by atoms with E-state index >= 15 is 0 Å². The van der Waals surface area contributed by atoms with Crippen LogP contribution in [-0.4, -0.2) is 6.54 Å². The van der Waals surface area contributed by atoms with Crippen molar-refractivity contribution in [2.45, 2.75) is 51.5 Å². The van der Waals surface area contributed by atoms with Crippen molar-refractivity contribution in [2.24, 2.45) is 5.92 Å². The first-order valence-electron chi connectivity index (χ1n) is 6.78. The second kappa shape index (κ2) is 6.91. The fraction of sp³-hybridized carbons (Fsp3) is 0.714. The van der Waals surface area contributed by atoms with Gasteiger partial charge >= 0.3 is 0 Å². The van der Waals surface area contributed by atoms with Crippen molar-refractivity contribution in [3.05, 3.63) is 20.8 Å². The quantitative estimate of drug-likeness (QED) is 0.759. The average Bonchev–Trinajstić information content (AvgIpc) is 2.60. The van der Waals surface area contributed by atoms with E-state index in [1.54, 1.807) is 11.3 Å². The summed E-state index contributed by atoms with van der Waals surface area (Å²) in [7, 11) is 0. The molecule has 0 amide bonds. The third-order valence-corrected chi connectivity index (χ3v) is 5.52. The monoisotopic (exact) mass is 315 g/mol. The highest BCUT2D eigenvalue weighted by Gasteiger charge is 2.25. The minimum Gasteiger partial charge on any atom is -0.310 e. The second-order valence-electron chi connectivity index (χ2n) is 4.96. The molecule has 1 nitrogen and oxygen atoms in total. The number of hydrogen-bond donors (Lipinski definition) is 1. The van der Waals surface area contributed by atoms with E-state index in [2.05, 4.69) is 38.9 Å². The lowest BCUT2D eigenvalue weighted by molar-refractivity contribution is 0.330. The van der Waals surface area contributed by atoms with Crippen molar-refractivity contribution in [3.63, 3.8) is 0 Å². The highest BCUT2D eigenvalue weighted by atomic mass is 79.9. The number of rotatable bonds is 4. The lowest BCUT2D eigenvalue weighted by atomic mass is 9.88. The van der Waals surface area contributed by atoms with Crippen molar-refractivity contribution in [3.8, 4) is 0 Å². The van der Waals surface area contributed by atoms with Crippen LogP contribution in [0.3, 0.4) is 0 Å². The van der Waals surface area contributed by atoms with Crippen LogP contribution < -0.4 is 5.32 Å². The van der Waals surface area contributed by atoms with Gasteiger partial charge in [0.15, 0.2) is 0 Å². The van der Waals surface area contributed by atoms with Gasteiger partial charge in [-0.1, -0.05) is 32.6 Å². The molecular weight excluding hydrogens is 294 g/mol. The van der Waals surface area contributed by atoms with Gasteiger partial charge in [0.1, 0.15) is 0 Å². The van der Waals surface area contributed by atoms with Crippen LogP contribution in [0.4, 0.5) is 0 Å². The zero-order valence-corrected chi connectivity index (χ0v) is 12.9. The molecule has 1 saturated carbocycles. The lowest BCUT2D eigenvalue weighted by Crippen LogP contribution is -2.28. The van der Waals surface area contributed by atoms with Crippen molar-refractivity contribution >= 4 is 27.3 Å². The van der Waals surface area contributed by atoms with Gasteiger partial charge in [-0.25, -0.2) is 0 Å². The standard InChI is InChI=1S/C14H22BrNS/c1-2-16-14(12-9-17-10-13(12)15)11-7-5-3-4-6-8-11/h9-11,14,16H,2-8H2,1H3. The molecule has 96 valence electrons. The minimum absolute atomic E-state index is 0.554. The van der Waals surface area contributed by atoms with Crippen LogP contribution in [0, 0.1) is 5.92 Å². The SMILES string of the molecule is CCNC(c1cscc1Br)C1CCCCCC1. The Labute approximate surface area is 117 Å². The Bertz CT molecular complexity index is 329. The summed E-state index contributed by atoms with van der Waals surface area (Å²) in [6, 6.07) is 0.554. The summed E-state index contributed by atoms with van der Waals surface area (Å²) in [4.78, 5) is 0. The Kier molecular flexibility index (Phi) is 5.51. The smallest absolute Gasteiger partial charge is 0.0368 e. The van der Waals surface area contributed by atoms with Gasteiger partial charge in [0.2, 0.25) is 0 Å². The van der Waals surface area contributed by atoms with Crippen LogP contribution in [0.1, 0.15) is 57.1 Å². The first-order chi connectivity index (χ1) is 8.33. The first-order valence-corrected chi connectivity index (χ1v) is 8.51. The molecule has 1 unspecified atom stereocenters. The number of halogens is 1. The van der Waals surface area contributed by atoms with Crippen LogP contribution in [0.25, 0.3) is 0 Å². The van der Waals surface area contributed by atoms with E-state index in [-0.39, 0.29) is 0 Å². The number of nitrogens with one attached hydrogen (secondary N) is 1. The minimum atomic E-state index is 0.554. The molecule has 2 rings (SSSR count). The summed E-state index contributed by atoms with van der Waals surface area (Å²) < 4.78 is 1.29. The maximum absolute atomic E-state index is 3.70. The third kappa shape index (κ3) is 3.55. The second-order valence-corrected chi connectivity index (χ2v) is 6.56. The fourth-order valence-electron chi connectivity index (χ4n) is 2.91. The summed E-state index contributed by atoms with van der Waals surface area (Å²) in [5.74, 6) is 0.823. The molecule has 1 atom stereocenters. The van der Waals surface area contributed by atoms with Crippen LogP contribution >= 0.6 is 27.3 Å². The van der Waals surface area contributed by atoms with Gasteiger partial charge in [-0.05, 0) is 52.2 Å². The topological polar surface area (TPSA) is 12.0 Å². The molecule has 1 fully saturated rings. The lowest BCUT2D eigenvalue weighted by Gasteiger charge is -2.27. The number of thiophene rings is 1. The van der Waals surface area contributed by atoms with Gasteiger partial charge in [0.05, 0.1) is 0 Å². The third-order valence-electron chi connectivity index (χ3n) is 3.77. The largest absolute Gasteiger partial charge is 0.310 e. The van der Waals surface area contributed by atoms with Gasteiger partial charge in [0.25, 0.3) is 0 Å². The van der Waals surface area contributed by atoms with Gasteiger partial charge in [-0.15, -0.1) is 0 Å². The zero-order valence-electron chi connectivity index (χ0n) is 10.5. The highest BCUT2D eigenvalue weighted by molar-refractivity contribution is 9.10. The zero-order chi connectivity index (χ0) is 12.1. The molecule has 3 heteroatoms. The Morgan fingerprint density at radius 2 is 2.00 bits per heavy atom. The van der Waals surface area contributed by atoms with E-state index in [0.717, 1.165) is 12.5 Å². The molecule has 0 aliphatic heterocycles. The van der Waals surface area contributed by atoms with Crippen molar-refractivity contribution in [2.75, 3.05) is 6.54 Å². The van der Waals surface area contributed by atoms with Gasteiger partial charge in [0, 0.05) is 15.9 Å². The summed E-state index contributed by atoms with van der Waals surface area (Å²) >= 11 is 5.50. The Hall–Kier alpha value is 0.140. The van der Waals surface area contributed by atoms with Crippen LogP contribution in [0.5, 0.6) is 0 Å². The molecule has 0 bridgehead atoms. The molecule has 1 aromatic heterocycles. The normalized spacial score (nSPS) is 20.1. The van der Waals surface area contributed by atoms with Crippen LogP contribution in [0.15, 0.2) is 15.2 Å². The Balaban J connectivity index is 2.13. The van der Waals surface area contributed by atoms with Crippen molar-refractivity contribution < 1.29 is 0 Å². The van der Waals surface area contributed by atoms with E-state index < -0.39 is 0 Å². The molecule has 0 aromatic carbocycles. The van der Waals surface area contributed by atoms with E-state index in [0.29, 0.717) is 6.04 Å². The molecule has 0 saturated heterocycles. The molecule has 1 N–H and O–H groups in total. The van der Waals surface area contributed by atoms with Crippen molar-refractivity contribution in [1.82, 2.24) is 5.32 Å². The molecule has 1 heterocycles. The molecule has 0 spiro atoms. The molecular formula is C14H22BrNS. The molecule has 17 heavy (non-hydrogen) atoms. The number of hydrogen-bond acceptors (Lipinski definition) is 2. The van der Waals surface area contributed by atoms with Gasteiger partial charge in [-0.2, -0.15) is 11.3 Å². The average molecular weight is 316 g/mol. The van der Waals surface area contributed by atoms with E-state index in [1.807, 2.05) is 0 Å².